The Kier molecular flexibility index (Phi) is 7.31. The van der Waals surface area contributed by atoms with Crippen LogP contribution in [0.4, 0.5) is 0 Å². The first kappa shape index (κ1) is 23.7. The third-order valence-corrected chi connectivity index (χ3v) is 7.61. The van der Waals surface area contributed by atoms with E-state index < -0.39 is 10.8 Å². The minimum atomic E-state index is -3.26. The van der Waals surface area contributed by atoms with Gasteiger partial charge in [-0.1, -0.05) is 37.9 Å². The molecule has 4 rings (SSSR count). The van der Waals surface area contributed by atoms with Crippen molar-refractivity contribution < 1.29 is 18.6 Å². The van der Waals surface area contributed by atoms with Crippen molar-refractivity contribution >= 4 is 10.8 Å². The number of ether oxygens (including phenoxy) is 2. The standard InChI is InChI=1S/C25H33N3O4S/c1-4-22(15-18(2)28-12-10-26-11-13-28)32-23-7-8-25(19(23)3)33(29,30)27-17-20-5-6-21-9-14-31-24(21)16-20/h4-8,16,22,26-27,29-30H,1-3,9-15,17H2/t22-/m1/s1. The lowest BCUT2D eigenvalue weighted by atomic mass is 10.1. The van der Waals surface area contributed by atoms with E-state index in [0.717, 1.165) is 49.6 Å². The number of nitrogens with one attached hydrogen (secondary N) is 2. The van der Waals surface area contributed by atoms with Crippen molar-refractivity contribution in [3.05, 3.63) is 89.2 Å². The smallest absolute Gasteiger partial charge is 0.128 e. The van der Waals surface area contributed by atoms with Crippen LogP contribution in [0.25, 0.3) is 0 Å². The molecule has 0 radical (unpaired) electrons. The third-order valence-electron chi connectivity index (χ3n) is 6.07. The molecule has 0 saturated carbocycles. The van der Waals surface area contributed by atoms with Crippen molar-refractivity contribution in [1.29, 1.82) is 0 Å². The lowest BCUT2D eigenvalue weighted by molar-refractivity contribution is 0.151. The summed E-state index contributed by atoms with van der Waals surface area (Å²) in [6.45, 7) is 16.9. The van der Waals surface area contributed by atoms with Gasteiger partial charge < -0.3 is 19.7 Å². The summed E-state index contributed by atoms with van der Waals surface area (Å²) in [5.41, 5.74) is 3.56. The van der Waals surface area contributed by atoms with Gasteiger partial charge in [0.2, 0.25) is 0 Å². The Morgan fingerprint density at radius 2 is 2.09 bits per heavy atom. The van der Waals surface area contributed by atoms with Crippen molar-refractivity contribution in [1.82, 2.24) is 14.9 Å². The molecular formula is C25H33N3O4S. The number of nitrogens with zero attached hydrogens (tertiary/aromatic N) is 1. The molecule has 1 aromatic rings. The monoisotopic (exact) mass is 471 g/mol. The van der Waals surface area contributed by atoms with Crippen LogP contribution in [-0.2, 0) is 17.7 Å². The van der Waals surface area contributed by atoms with E-state index in [1.807, 2.05) is 18.2 Å². The fourth-order valence-corrected chi connectivity index (χ4v) is 5.34. The van der Waals surface area contributed by atoms with Gasteiger partial charge >= 0.3 is 0 Å². The Hall–Kier alpha value is -2.49. The van der Waals surface area contributed by atoms with Gasteiger partial charge in [-0.05, 0) is 29.3 Å². The van der Waals surface area contributed by atoms with Crippen LogP contribution in [0.3, 0.4) is 0 Å². The first-order chi connectivity index (χ1) is 15.9. The molecule has 1 aliphatic carbocycles. The Morgan fingerprint density at radius 3 is 2.85 bits per heavy atom. The van der Waals surface area contributed by atoms with Gasteiger partial charge in [0.15, 0.2) is 0 Å². The van der Waals surface area contributed by atoms with Gasteiger partial charge in [0.05, 0.1) is 11.5 Å². The van der Waals surface area contributed by atoms with Gasteiger partial charge in [0.1, 0.15) is 17.6 Å². The van der Waals surface area contributed by atoms with E-state index in [-0.39, 0.29) is 6.10 Å². The van der Waals surface area contributed by atoms with Crippen molar-refractivity contribution in [3.8, 4) is 5.75 Å². The quantitative estimate of drug-likeness (QED) is 0.382. The van der Waals surface area contributed by atoms with Crippen LogP contribution in [0.2, 0.25) is 0 Å². The maximum Gasteiger partial charge on any atom is 0.128 e. The molecule has 178 valence electrons. The van der Waals surface area contributed by atoms with Gasteiger partial charge in [-0.15, -0.1) is 10.8 Å². The lowest BCUT2D eigenvalue weighted by Crippen LogP contribution is -2.43. The van der Waals surface area contributed by atoms with E-state index in [1.165, 1.54) is 5.56 Å². The molecule has 0 spiro atoms. The van der Waals surface area contributed by atoms with E-state index >= 15 is 0 Å². The minimum Gasteiger partial charge on any atom is -0.493 e. The predicted octanol–water partition coefficient (Wildman–Crippen LogP) is 4.09. The SMILES string of the molecule is C=C[C@H](CC(=C)N1CCNCC1)OC1=CC=C(S(O)(O)NCc2ccc3c(c2)OCC3)C1=C. The molecule has 2 heterocycles. The normalized spacial score (nSPS) is 19.3. The zero-order valence-electron chi connectivity index (χ0n) is 18.9. The molecule has 8 heteroatoms. The fraction of sp³-hybridized carbons (Fsp3) is 0.360. The number of fused-ring (bicyclic) bond motifs is 1. The second kappa shape index (κ2) is 10.2. The first-order valence-corrected chi connectivity index (χ1v) is 12.7. The van der Waals surface area contributed by atoms with Crippen molar-refractivity contribution in [2.24, 2.45) is 0 Å². The van der Waals surface area contributed by atoms with E-state index in [2.05, 4.69) is 34.7 Å². The molecule has 3 aliphatic rings. The van der Waals surface area contributed by atoms with E-state index in [9.17, 15) is 9.11 Å². The van der Waals surface area contributed by atoms with Crippen molar-refractivity contribution in [2.45, 2.75) is 25.5 Å². The number of rotatable bonds is 10. The summed E-state index contributed by atoms with van der Waals surface area (Å²) in [5.74, 6) is 1.38. The van der Waals surface area contributed by atoms with Crippen LogP contribution in [0.1, 0.15) is 17.5 Å². The van der Waals surface area contributed by atoms with E-state index in [1.54, 1.807) is 18.2 Å². The Balaban J connectivity index is 1.31. The fourth-order valence-electron chi connectivity index (χ4n) is 4.11. The highest BCUT2D eigenvalue weighted by atomic mass is 32.3. The largest absolute Gasteiger partial charge is 0.493 e. The highest BCUT2D eigenvalue weighted by Crippen LogP contribution is 2.51. The summed E-state index contributed by atoms with van der Waals surface area (Å²) in [6.07, 6.45) is 6.35. The second-order valence-electron chi connectivity index (χ2n) is 8.35. The van der Waals surface area contributed by atoms with Crippen LogP contribution in [0, 0.1) is 0 Å². The molecule has 1 fully saturated rings. The molecule has 1 aromatic carbocycles. The van der Waals surface area contributed by atoms with Crippen LogP contribution >= 0.6 is 10.8 Å². The van der Waals surface area contributed by atoms with Crippen molar-refractivity contribution in [2.75, 3.05) is 32.8 Å². The van der Waals surface area contributed by atoms with Gasteiger partial charge in [-0.3, -0.25) is 9.11 Å². The molecule has 33 heavy (non-hydrogen) atoms. The number of benzene rings is 1. The Bertz CT molecular complexity index is 995. The molecule has 0 unspecified atom stereocenters. The van der Waals surface area contributed by atoms with E-state index in [0.29, 0.717) is 35.8 Å². The van der Waals surface area contributed by atoms with E-state index in [4.69, 9.17) is 9.47 Å². The molecule has 7 nitrogen and oxygen atoms in total. The summed E-state index contributed by atoms with van der Waals surface area (Å²) in [7, 11) is -3.26. The molecule has 0 aromatic heterocycles. The van der Waals surface area contributed by atoms with Crippen LogP contribution in [-0.4, -0.2) is 52.9 Å². The first-order valence-electron chi connectivity index (χ1n) is 11.2. The van der Waals surface area contributed by atoms with Crippen LogP contribution < -0.4 is 14.8 Å². The molecule has 0 amide bonds. The van der Waals surface area contributed by atoms with Crippen molar-refractivity contribution in [3.63, 3.8) is 0 Å². The Labute approximate surface area is 197 Å². The zero-order chi connectivity index (χ0) is 23.4. The van der Waals surface area contributed by atoms with Crippen LogP contribution in [0.5, 0.6) is 5.75 Å². The summed E-state index contributed by atoms with van der Waals surface area (Å²) in [6, 6.07) is 5.94. The molecule has 2 aliphatic heterocycles. The number of hydrogen-bond donors (Lipinski definition) is 4. The summed E-state index contributed by atoms with van der Waals surface area (Å²) in [5, 5.41) is 3.33. The highest BCUT2D eigenvalue weighted by Gasteiger charge is 2.28. The summed E-state index contributed by atoms with van der Waals surface area (Å²) >= 11 is 0. The maximum atomic E-state index is 10.8. The summed E-state index contributed by atoms with van der Waals surface area (Å²) in [4.78, 5) is 2.58. The number of hydrogen-bond acceptors (Lipinski definition) is 7. The number of allylic oxidation sites excluding steroid dienone is 3. The average Bonchev–Trinajstić information content (AvgIpc) is 3.44. The maximum absolute atomic E-state index is 10.8. The second-order valence-corrected chi connectivity index (χ2v) is 10.2. The molecule has 1 atom stereocenters. The van der Waals surface area contributed by atoms with Crippen LogP contribution in [0.15, 0.2) is 78.1 Å². The highest BCUT2D eigenvalue weighted by molar-refractivity contribution is 8.26. The molecule has 4 N–H and O–H groups in total. The third kappa shape index (κ3) is 5.54. The number of piperazine rings is 1. The zero-order valence-corrected chi connectivity index (χ0v) is 19.7. The Morgan fingerprint density at radius 1 is 1.30 bits per heavy atom. The topological polar surface area (TPSA) is 86.2 Å². The van der Waals surface area contributed by atoms with Gasteiger partial charge in [-0.25, -0.2) is 4.72 Å². The average molecular weight is 472 g/mol. The summed E-state index contributed by atoms with van der Waals surface area (Å²) < 4.78 is 36.2. The minimum absolute atomic E-state index is 0.288. The molecule has 0 bridgehead atoms. The lowest BCUT2D eigenvalue weighted by Gasteiger charge is -2.35. The molecule has 1 saturated heterocycles. The van der Waals surface area contributed by atoms with Gasteiger partial charge in [0.25, 0.3) is 0 Å². The predicted molar refractivity (Wildman–Crippen MR) is 134 cm³/mol. The molecular weight excluding hydrogens is 438 g/mol. The van der Waals surface area contributed by atoms with Gasteiger partial charge in [0, 0.05) is 56.8 Å². The van der Waals surface area contributed by atoms with Gasteiger partial charge in [-0.2, -0.15) is 0 Å².